The molecule has 0 spiro atoms. The van der Waals surface area contributed by atoms with E-state index >= 15 is 0 Å². The van der Waals surface area contributed by atoms with Crippen LogP contribution < -0.4 is 9.42 Å². The molecule has 1 heterocycles. The summed E-state index contributed by atoms with van der Waals surface area (Å²) < 4.78 is 68.5. The Labute approximate surface area is 172 Å². The maximum Gasteiger partial charge on any atom is 0.485 e. The molecule has 0 unspecified atom stereocenters. The van der Waals surface area contributed by atoms with Crippen molar-refractivity contribution in [3.8, 4) is 5.75 Å². The molecule has 2 aromatic carbocycles. The lowest BCUT2D eigenvalue weighted by Gasteiger charge is -2.12. The van der Waals surface area contributed by atoms with E-state index in [9.17, 15) is 13.2 Å². The summed E-state index contributed by atoms with van der Waals surface area (Å²) in [5.41, 5.74) is -4.40. The maximum absolute atomic E-state index is 10.7. The number of aromatic nitrogens is 3. The highest BCUT2D eigenvalue weighted by Crippen LogP contribution is 2.22. The minimum absolute atomic E-state index is 0.0654. The van der Waals surface area contributed by atoms with Crippen molar-refractivity contribution >= 4 is 20.9 Å². The number of hydrogen-bond donors (Lipinski definition) is 0. The minimum atomic E-state index is -6.09. The van der Waals surface area contributed by atoms with E-state index in [0.29, 0.717) is 6.73 Å². The zero-order chi connectivity index (χ0) is 22.7. The van der Waals surface area contributed by atoms with Crippen LogP contribution in [0.1, 0.15) is 26.5 Å². The lowest BCUT2D eigenvalue weighted by molar-refractivity contribution is -0.779. The number of halogens is 3. The fourth-order valence-corrected chi connectivity index (χ4v) is 2.61. The molecule has 0 aliphatic carbocycles. The van der Waals surface area contributed by atoms with Crippen LogP contribution in [0, 0.1) is 0 Å². The van der Waals surface area contributed by atoms with Gasteiger partial charge in [0.05, 0.1) is 5.21 Å². The summed E-state index contributed by atoms with van der Waals surface area (Å²) in [5.74, 6) is 0.856. The molecule has 7 nitrogen and oxygen atoms in total. The molecule has 0 saturated carbocycles. The average molecular weight is 445 g/mol. The molecule has 0 saturated heterocycles. The Hall–Kier alpha value is -2.66. The van der Waals surface area contributed by atoms with E-state index < -0.39 is 15.6 Å². The first kappa shape index (κ1) is 23.6. The van der Waals surface area contributed by atoms with E-state index in [2.05, 4.69) is 50.3 Å². The molecule has 30 heavy (non-hydrogen) atoms. The van der Waals surface area contributed by atoms with Crippen molar-refractivity contribution < 1.29 is 35.6 Å². The van der Waals surface area contributed by atoms with Gasteiger partial charge < -0.3 is 9.29 Å². The Bertz CT molecular complexity index is 1120. The molecule has 0 N–H and O–H groups in total. The molecule has 11 heteroatoms. The molecule has 3 rings (SSSR count). The first-order chi connectivity index (χ1) is 13.7. The summed E-state index contributed by atoms with van der Waals surface area (Å²) in [6.45, 7) is 6.94. The molecule has 0 radical (unpaired) electrons. The number of ether oxygens (including phenoxy) is 1. The monoisotopic (exact) mass is 445 g/mol. The lowest BCUT2D eigenvalue weighted by Crippen LogP contribution is -2.38. The van der Waals surface area contributed by atoms with Crippen LogP contribution in [0.3, 0.4) is 0 Å². The first-order valence-corrected chi connectivity index (χ1v) is 10.2. The molecular weight excluding hydrogens is 423 g/mol. The van der Waals surface area contributed by atoms with Crippen molar-refractivity contribution in [2.75, 3.05) is 0 Å². The second-order valence-electron chi connectivity index (χ2n) is 7.50. The molecule has 0 aliphatic heterocycles. The van der Waals surface area contributed by atoms with Gasteiger partial charge in [-0.2, -0.15) is 13.2 Å². The topological polar surface area (TPSA) is 88.1 Å². The number of fused-ring (bicyclic) bond motifs is 1. The van der Waals surface area contributed by atoms with Gasteiger partial charge in [0.15, 0.2) is 22.0 Å². The van der Waals surface area contributed by atoms with Crippen molar-refractivity contribution in [2.24, 2.45) is 7.05 Å². The van der Waals surface area contributed by atoms with Gasteiger partial charge in [-0.25, -0.2) is 8.42 Å². The van der Waals surface area contributed by atoms with Gasteiger partial charge in [0, 0.05) is 5.41 Å². The molecule has 0 aliphatic rings. The van der Waals surface area contributed by atoms with E-state index in [-0.39, 0.29) is 5.41 Å². The van der Waals surface area contributed by atoms with Crippen molar-refractivity contribution in [3.63, 3.8) is 0 Å². The van der Waals surface area contributed by atoms with Crippen LogP contribution in [-0.4, -0.2) is 28.4 Å². The van der Waals surface area contributed by atoms with Crippen LogP contribution in [0.5, 0.6) is 5.75 Å². The molecule has 3 aromatic rings. The fourth-order valence-electron chi connectivity index (χ4n) is 2.61. The SMILES string of the molecule is Cn1n[n+](COc2ccc3ccccc3c2)cc1C(C)(C)C.O=S(=O)([O-])C(F)(F)F. The average Bonchev–Trinajstić information content (AvgIpc) is 3.00. The minimum Gasteiger partial charge on any atom is -0.741 e. The summed E-state index contributed by atoms with van der Waals surface area (Å²) in [5, 5.41) is 6.86. The maximum atomic E-state index is 10.7. The predicted molar refractivity (Wildman–Crippen MR) is 102 cm³/mol. The summed E-state index contributed by atoms with van der Waals surface area (Å²) in [7, 11) is -4.12. The third kappa shape index (κ3) is 6.17. The third-order valence-electron chi connectivity index (χ3n) is 4.01. The van der Waals surface area contributed by atoms with Crippen LogP contribution >= 0.6 is 0 Å². The van der Waals surface area contributed by atoms with E-state index in [0.717, 1.165) is 5.75 Å². The van der Waals surface area contributed by atoms with E-state index in [4.69, 9.17) is 17.7 Å². The Morgan fingerprint density at radius 1 is 1.10 bits per heavy atom. The molecule has 0 atom stereocenters. The number of hydrogen-bond acceptors (Lipinski definition) is 5. The molecule has 0 fully saturated rings. The number of nitrogens with zero attached hydrogens (tertiary/aromatic N) is 3. The summed E-state index contributed by atoms with van der Waals surface area (Å²) in [4.78, 5) is 0. The Balaban J connectivity index is 0.000000343. The lowest BCUT2D eigenvalue weighted by atomic mass is 9.93. The van der Waals surface area contributed by atoms with Gasteiger partial charge in [-0.3, -0.25) is 0 Å². The van der Waals surface area contributed by atoms with Gasteiger partial charge in [0.2, 0.25) is 0 Å². The molecule has 0 amide bonds. The van der Waals surface area contributed by atoms with Crippen molar-refractivity contribution in [1.29, 1.82) is 0 Å². The van der Waals surface area contributed by atoms with Crippen molar-refractivity contribution in [3.05, 3.63) is 54.4 Å². The van der Waals surface area contributed by atoms with Gasteiger partial charge in [-0.1, -0.05) is 51.1 Å². The van der Waals surface area contributed by atoms with E-state index in [1.54, 1.807) is 0 Å². The predicted octanol–water partition coefficient (Wildman–Crippen LogP) is 3.25. The summed E-state index contributed by atoms with van der Waals surface area (Å²) >= 11 is 0. The summed E-state index contributed by atoms with van der Waals surface area (Å²) in [6.07, 6.45) is 2.04. The molecule has 0 bridgehead atoms. The van der Waals surface area contributed by atoms with Gasteiger partial charge in [0.1, 0.15) is 12.8 Å². The number of aryl methyl sites for hydroxylation is 1. The standard InChI is InChI=1S/C18H22N3O.CHF3O3S/c1-18(2,3)17-12-21(19-20(17)4)13-22-16-10-9-14-7-5-6-8-15(14)11-16;2-1(3,4)8(5,6)7/h5-12H,13H2,1-4H3;(H,5,6,7)/q+1;/p-1. The zero-order valence-corrected chi connectivity index (χ0v) is 17.7. The van der Waals surface area contributed by atoms with Crippen molar-refractivity contribution in [2.45, 2.75) is 38.4 Å². The smallest absolute Gasteiger partial charge is 0.485 e. The van der Waals surface area contributed by atoms with Crippen LogP contribution in [-0.2, 0) is 29.3 Å². The number of rotatable bonds is 3. The van der Waals surface area contributed by atoms with E-state index in [1.807, 2.05) is 40.8 Å². The van der Waals surface area contributed by atoms with Gasteiger partial charge in [0.25, 0.3) is 6.73 Å². The molecular formula is C19H22F3N3O4S. The van der Waals surface area contributed by atoms with Crippen LogP contribution in [0.25, 0.3) is 10.8 Å². The highest BCUT2D eigenvalue weighted by atomic mass is 32.2. The van der Waals surface area contributed by atoms with Gasteiger partial charge in [-0.15, -0.1) is 9.36 Å². The van der Waals surface area contributed by atoms with Crippen molar-refractivity contribution in [1.82, 2.24) is 9.90 Å². The highest BCUT2D eigenvalue weighted by Gasteiger charge is 2.36. The van der Waals surface area contributed by atoms with Crippen LogP contribution in [0.15, 0.2) is 48.7 Å². The second-order valence-corrected chi connectivity index (χ2v) is 8.87. The van der Waals surface area contributed by atoms with E-state index in [1.165, 1.54) is 16.5 Å². The Morgan fingerprint density at radius 3 is 2.17 bits per heavy atom. The Morgan fingerprint density at radius 2 is 1.67 bits per heavy atom. The summed E-state index contributed by atoms with van der Waals surface area (Å²) in [6, 6.07) is 14.4. The van der Waals surface area contributed by atoms with Crippen LogP contribution in [0.4, 0.5) is 13.2 Å². The number of alkyl halides is 3. The van der Waals surface area contributed by atoms with Gasteiger partial charge in [-0.05, 0) is 22.9 Å². The largest absolute Gasteiger partial charge is 0.741 e. The third-order valence-corrected chi connectivity index (χ3v) is 4.57. The molecule has 1 aromatic heterocycles. The molecule has 164 valence electrons. The second kappa shape index (κ2) is 8.60. The Kier molecular flexibility index (Phi) is 6.77. The highest BCUT2D eigenvalue weighted by molar-refractivity contribution is 7.86. The van der Waals surface area contributed by atoms with Crippen LogP contribution in [0.2, 0.25) is 0 Å². The quantitative estimate of drug-likeness (QED) is 0.351. The number of benzene rings is 2. The van der Waals surface area contributed by atoms with Gasteiger partial charge >= 0.3 is 5.51 Å². The fraction of sp³-hybridized carbons (Fsp3) is 0.368. The zero-order valence-electron chi connectivity index (χ0n) is 16.8. The first-order valence-electron chi connectivity index (χ1n) is 8.76. The normalized spacial score (nSPS) is 12.4.